The Hall–Kier alpha value is -2.16. The number of halogens is 1. The maximum Gasteiger partial charge on any atom is 0.193 e. The third-order valence-electron chi connectivity index (χ3n) is 3.22. The molecule has 0 heterocycles. The van der Waals surface area contributed by atoms with Crippen LogP contribution in [0.1, 0.15) is 5.56 Å². The van der Waals surface area contributed by atoms with Crippen LogP contribution in [0, 0.1) is 0 Å². The van der Waals surface area contributed by atoms with Crippen molar-refractivity contribution in [2.75, 3.05) is 26.6 Å². The Labute approximate surface area is 159 Å². The van der Waals surface area contributed by atoms with Gasteiger partial charge in [0.1, 0.15) is 5.75 Å². The van der Waals surface area contributed by atoms with E-state index < -0.39 is 0 Å². The fourth-order valence-electron chi connectivity index (χ4n) is 2.05. The highest BCUT2D eigenvalue weighted by molar-refractivity contribution is 14.0. The highest BCUT2D eigenvalue weighted by Gasteiger charge is 2.05. The van der Waals surface area contributed by atoms with Gasteiger partial charge < -0.3 is 25.3 Å². The van der Waals surface area contributed by atoms with Crippen LogP contribution in [0.5, 0.6) is 17.2 Å². The molecular formula is C17H22IN3O3. The van der Waals surface area contributed by atoms with Gasteiger partial charge in [0.15, 0.2) is 17.5 Å². The molecule has 0 amide bonds. The van der Waals surface area contributed by atoms with E-state index in [1.807, 2.05) is 30.3 Å². The van der Waals surface area contributed by atoms with Crippen molar-refractivity contribution in [2.45, 2.75) is 6.54 Å². The maximum atomic E-state index is 5.92. The van der Waals surface area contributed by atoms with Gasteiger partial charge in [0.25, 0.3) is 0 Å². The number of rotatable bonds is 6. The molecule has 0 aliphatic rings. The summed E-state index contributed by atoms with van der Waals surface area (Å²) in [5.41, 5.74) is 7.71. The van der Waals surface area contributed by atoms with Gasteiger partial charge in [0.05, 0.1) is 27.9 Å². The molecular weight excluding hydrogens is 421 g/mol. The maximum absolute atomic E-state index is 5.92. The van der Waals surface area contributed by atoms with Crippen molar-refractivity contribution < 1.29 is 14.2 Å². The van der Waals surface area contributed by atoms with Crippen LogP contribution in [0.3, 0.4) is 0 Å². The number of aliphatic imine (C=N–C) groups is 1. The molecule has 2 rings (SSSR count). The van der Waals surface area contributed by atoms with Crippen LogP contribution in [0.4, 0.5) is 5.69 Å². The molecule has 0 aliphatic carbocycles. The van der Waals surface area contributed by atoms with Crippen molar-refractivity contribution in [2.24, 2.45) is 10.7 Å². The van der Waals surface area contributed by atoms with Crippen LogP contribution in [0.15, 0.2) is 47.5 Å². The molecule has 24 heavy (non-hydrogen) atoms. The van der Waals surface area contributed by atoms with Crippen LogP contribution in [0.2, 0.25) is 0 Å². The monoisotopic (exact) mass is 443 g/mol. The summed E-state index contributed by atoms with van der Waals surface area (Å²) >= 11 is 0. The SMILES string of the molecule is COc1cccc(CN=C(N)Nc2ccc(OC)c(OC)c2)c1.I. The zero-order chi connectivity index (χ0) is 16.7. The lowest BCUT2D eigenvalue weighted by Crippen LogP contribution is -2.22. The van der Waals surface area contributed by atoms with E-state index in [-0.39, 0.29) is 24.0 Å². The van der Waals surface area contributed by atoms with Crippen LogP contribution in [-0.4, -0.2) is 27.3 Å². The van der Waals surface area contributed by atoms with Gasteiger partial charge in [-0.2, -0.15) is 0 Å². The number of nitrogens with zero attached hydrogens (tertiary/aromatic N) is 1. The van der Waals surface area contributed by atoms with Gasteiger partial charge in [-0.15, -0.1) is 24.0 Å². The average Bonchev–Trinajstić information content (AvgIpc) is 2.60. The molecule has 0 aliphatic heterocycles. The van der Waals surface area contributed by atoms with Crippen LogP contribution >= 0.6 is 24.0 Å². The Balaban J connectivity index is 0.00000288. The Kier molecular flexibility index (Phi) is 8.17. The second-order valence-corrected chi connectivity index (χ2v) is 4.75. The molecule has 0 radical (unpaired) electrons. The Morgan fingerprint density at radius 1 is 1.00 bits per heavy atom. The number of hydrogen-bond acceptors (Lipinski definition) is 4. The van der Waals surface area contributed by atoms with E-state index in [9.17, 15) is 0 Å². The molecule has 0 saturated heterocycles. The smallest absolute Gasteiger partial charge is 0.193 e. The fourth-order valence-corrected chi connectivity index (χ4v) is 2.05. The average molecular weight is 443 g/mol. The molecule has 0 unspecified atom stereocenters. The number of nitrogens with one attached hydrogen (secondary N) is 1. The first-order valence-electron chi connectivity index (χ1n) is 7.08. The molecule has 0 saturated carbocycles. The minimum absolute atomic E-state index is 0. The van der Waals surface area contributed by atoms with Crippen LogP contribution in [0.25, 0.3) is 0 Å². The van der Waals surface area contributed by atoms with E-state index in [0.717, 1.165) is 17.0 Å². The van der Waals surface area contributed by atoms with Crippen molar-refractivity contribution >= 4 is 35.6 Å². The fraction of sp³-hybridized carbons (Fsp3) is 0.235. The summed E-state index contributed by atoms with van der Waals surface area (Å²) in [6, 6.07) is 13.1. The first-order chi connectivity index (χ1) is 11.2. The number of nitrogens with two attached hydrogens (primary N) is 1. The molecule has 0 bridgehead atoms. The predicted molar refractivity (Wildman–Crippen MR) is 107 cm³/mol. The summed E-state index contributed by atoms with van der Waals surface area (Å²) in [4.78, 5) is 4.32. The van der Waals surface area contributed by atoms with E-state index in [1.54, 1.807) is 33.5 Å². The van der Waals surface area contributed by atoms with Crippen LogP contribution in [-0.2, 0) is 6.54 Å². The normalized spacial score (nSPS) is 10.5. The van der Waals surface area contributed by atoms with Crippen molar-refractivity contribution in [1.29, 1.82) is 0 Å². The Morgan fingerprint density at radius 3 is 2.42 bits per heavy atom. The number of anilines is 1. The molecule has 2 aromatic rings. The molecule has 3 N–H and O–H groups in total. The topological polar surface area (TPSA) is 78.1 Å². The number of guanidine groups is 1. The molecule has 0 aromatic heterocycles. The van der Waals surface area contributed by atoms with E-state index in [2.05, 4.69) is 10.3 Å². The molecule has 0 spiro atoms. The van der Waals surface area contributed by atoms with E-state index in [1.165, 1.54) is 0 Å². The molecule has 0 fully saturated rings. The zero-order valence-electron chi connectivity index (χ0n) is 13.9. The highest BCUT2D eigenvalue weighted by Crippen LogP contribution is 2.29. The quantitative estimate of drug-likeness (QED) is 0.407. The third kappa shape index (κ3) is 5.48. The second kappa shape index (κ2) is 9.86. The van der Waals surface area contributed by atoms with Crippen molar-refractivity contribution in [3.63, 3.8) is 0 Å². The summed E-state index contributed by atoms with van der Waals surface area (Å²) in [6.45, 7) is 0.462. The minimum Gasteiger partial charge on any atom is -0.497 e. The van der Waals surface area contributed by atoms with E-state index >= 15 is 0 Å². The largest absolute Gasteiger partial charge is 0.497 e. The summed E-state index contributed by atoms with van der Waals surface area (Å²) in [6.07, 6.45) is 0. The van der Waals surface area contributed by atoms with Crippen molar-refractivity contribution in [1.82, 2.24) is 0 Å². The standard InChI is InChI=1S/C17H21N3O3.HI/c1-21-14-6-4-5-12(9-14)11-19-17(18)20-13-7-8-15(22-2)16(10-13)23-3;/h4-10H,11H2,1-3H3,(H3,18,19,20);1H. The second-order valence-electron chi connectivity index (χ2n) is 4.75. The van der Waals surface area contributed by atoms with Crippen molar-refractivity contribution in [3.8, 4) is 17.2 Å². The molecule has 130 valence electrons. The highest BCUT2D eigenvalue weighted by atomic mass is 127. The first kappa shape index (κ1) is 19.9. The number of hydrogen-bond donors (Lipinski definition) is 2. The van der Waals surface area contributed by atoms with Crippen molar-refractivity contribution in [3.05, 3.63) is 48.0 Å². The summed E-state index contributed by atoms with van der Waals surface area (Å²) in [5, 5.41) is 3.03. The molecule has 7 heteroatoms. The lowest BCUT2D eigenvalue weighted by Gasteiger charge is -2.11. The number of methoxy groups -OCH3 is 3. The summed E-state index contributed by atoms with van der Waals surface area (Å²) < 4.78 is 15.6. The van der Waals surface area contributed by atoms with Gasteiger partial charge >= 0.3 is 0 Å². The van der Waals surface area contributed by atoms with Gasteiger partial charge in [-0.1, -0.05) is 12.1 Å². The third-order valence-corrected chi connectivity index (χ3v) is 3.22. The van der Waals surface area contributed by atoms with Gasteiger partial charge in [0.2, 0.25) is 0 Å². The molecule has 2 aromatic carbocycles. The van der Waals surface area contributed by atoms with E-state index in [4.69, 9.17) is 19.9 Å². The lowest BCUT2D eigenvalue weighted by molar-refractivity contribution is 0.355. The van der Waals surface area contributed by atoms with E-state index in [0.29, 0.717) is 24.0 Å². The Morgan fingerprint density at radius 2 is 1.75 bits per heavy atom. The number of benzene rings is 2. The predicted octanol–water partition coefficient (Wildman–Crippen LogP) is 3.26. The van der Waals surface area contributed by atoms with Gasteiger partial charge in [-0.25, -0.2) is 4.99 Å². The Bertz CT molecular complexity index is 693. The number of ether oxygens (including phenoxy) is 3. The zero-order valence-corrected chi connectivity index (χ0v) is 16.2. The first-order valence-corrected chi connectivity index (χ1v) is 7.08. The summed E-state index contributed by atoms with van der Waals surface area (Å²) in [7, 11) is 4.81. The van der Waals surface area contributed by atoms with Gasteiger partial charge in [-0.3, -0.25) is 0 Å². The molecule has 6 nitrogen and oxygen atoms in total. The summed E-state index contributed by atoms with van der Waals surface area (Å²) in [5.74, 6) is 2.40. The van der Waals surface area contributed by atoms with Gasteiger partial charge in [0, 0.05) is 11.8 Å². The molecule has 0 atom stereocenters. The van der Waals surface area contributed by atoms with Crippen LogP contribution < -0.4 is 25.3 Å². The van der Waals surface area contributed by atoms with Gasteiger partial charge in [-0.05, 0) is 29.8 Å². The lowest BCUT2D eigenvalue weighted by atomic mass is 10.2. The minimum atomic E-state index is 0.